The van der Waals surface area contributed by atoms with E-state index in [1.54, 1.807) is 24.3 Å². The largest absolute Gasteiger partial charge is 0.365 e. The minimum atomic E-state index is -0.734. The normalized spacial score (nSPS) is 17.0. The van der Waals surface area contributed by atoms with E-state index in [-0.39, 0.29) is 16.4 Å². The molecule has 0 atom stereocenters. The lowest BCUT2D eigenvalue weighted by atomic mass is 9.95. The topological polar surface area (TPSA) is 141 Å². The lowest BCUT2D eigenvalue weighted by molar-refractivity contribution is -0.112. The molecule has 0 radical (unpaired) electrons. The van der Waals surface area contributed by atoms with Crippen LogP contribution < -0.4 is 21.4 Å². The molecule has 1 aromatic heterocycles. The van der Waals surface area contributed by atoms with Crippen LogP contribution in [0.5, 0.6) is 0 Å². The number of primary amides is 1. The number of nitriles is 1. The molecule has 1 fully saturated rings. The second-order valence-corrected chi connectivity index (χ2v) is 11.1. The summed E-state index contributed by atoms with van der Waals surface area (Å²) >= 11 is 2.06. The fourth-order valence-corrected chi connectivity index (χ4v) is 6.68. The van der Waals surface area contributed by atoms with E-state index >= 15 is 0 Å². The van der Waals surface area contributed by atoms with Crippen LogP contribution in [0.4, 0.5) is 16.4 Å². The summed E-state index contributed by atoms with van der Waals surface area (Å²) in [6.07, 6.45) is 3.46. The fraction of sp³-hybridized carbons (Fsp3) is 0.179. The third-order valence-corrected chi connectivity index (χ3v) is 8.50. The number of hydrogen-bond donors (Lipinski definition) is 3. The van der Waals surface area contributed by atoms with Gasteiger partial charge in [0.1, 0.15) is 21.7 Å². The van der Waals surface area contributed by atoms with Gasteiger partial charge in [-0.3, -0.25) is 24.7 Å². The number of aryl methyl sites for hydroxylation is 2. The Morgan fingerprint density at radius 2 is 1.79 bits per heavy atom. The number of nitrogens with one attached hydrogen (secondary N) is 2. The Bertz CT molecular complexity index is 1570. The summed E-state index contributed by atoms with van der Waals surface area (Å²) in [4.78, 5) is 41.4. The van der Waals surface area contributed by atoms with E-state index in [9.17, 15) is 19.6 Å². The lowest BCUT2D eigenvalue weighted by Gasteiger charge is -2.20. The number of amides is 2. The maximum atomic E-state index is 13.5. The number of hydrogen-bond acceptors (Lipinski definition) is 8. The predicted octanol–water partition coefficient (Wildman–Crippen LogP) is 4.91. The van der Waals surface area contributed by atoms with Crippen LogP contribution in [-0.4, -0.2) is 22.8 Å². The molecule has 5 rings (SSSR count). The van der Waals surface area contributed by atoms with Crippen molar-refractivity contribution in [1.82, 2.24) is 0 Å². The van der Waals surface area contributed by atoms with Crippen molar-refractivity contribution < 1.29 is 14.4 Å². The molecular formula is C28H24N6O3S2. The van der Waals surface area contributed by atoms with Crippen LogP contribution in [-0.2, 0) is 22.4 Å². The summed E-state index contributed by atoms with van der Waals surface area (Å²) < 4.78 is 0. The number of thiophene rings is 1. The number of fused-ring (bicyclic) bond motifs is 1. The van der Waals surface area contributed by atoms with Gasteiger partial charge in [0.25, 0.3) is 16.9 Å². The van der Waals surface area contributed by atoms with Gasteiger partial charge < -0.3 is 11.1 Å². The average molecular weight is 557 g/mol. The third kappa shape index (κ3) is 5.30. The van der Waals surface area contributed by atoms with Crippen molar-refractivity contribution in [2.75, 3.05) is 15.6 Å². The molecule has 11 heteroatoms. The first-order chi connectivity index (χ1) is 18.9. The molecule has 9 nitrogen and oxygen atoms in total. The van der Waals surface area contributed by atoms with Gasteiger partial charge in [0.2, 0.25) is 5.84 Å². The van der Waals surface area contributed by atoms with Gasteiger partial charge in [-0.05, 0) is 74.2 Å². The Kier molecular flexibility index (Phi) is 7.49. The number of para-hydroxylation sites is 1. The van der Waals surface area contributed by atoms with Crippen molar-refractivity contribution in [3.05, 3.63) is 86.8 Å². The van der Waals surface area contributed by atoms with Crippen LogP contribution in [0.1, 0.15) is 39.2 Å². The van der Waals surface area contributed by atoms with Gasteiger partial charge in [0.05, 0.1) is 11.3 Å². The zero-order valence-electron chi connectivity index (χ0n) is 21.0. The smallest absolute Gasteiger partial charge is 0.269 e. The molecule has 0 bridgehead atoms. The number of amidine groups is 1. The maximum absolute atomic E-state index is 13.5. The first-order valence-electron chi connectivity index (χ1n) is 12.2. The van der Waals surface area contributed by atoms with Crippen LogP contribution in [0, 0.1) is 18.3 Å². The number of benzene rings is 2. The molecule has 0 spiro atoms. The number of hydrazone groups is 1. The summed E-state index contributed by atoms with van der Waals surface area (Å²) in [5.41, 5.74) is 11.8. The van der Waals surface area contributed by atoms with Gasteiger partial charge in [-0.15, -0.1) is 11.3 Å². The van der Waals surface area contributed by atoms with Gasteiger partial charge in [0.15, 0.2) is 0 Å². The van der Waals surface area contributed by atoms with E-state index < -0.39 is 16.9 Å². The molecule has 1 aliphatic heterocycles. The molecule has 39 heavy (non-hydrogen) atoms. The number of rotatable bonds is 6. The highest BCUT2D eigenvalue weighted by Gasteiger charge is 2.39. The van der Waals surface area contributed by atoms with Crippen LogP contribution in [0.3, 0.4) is 0 Å². The molecule has 2 aliphatic rings. The lowest BCUT2D eigenvalue weighted by Crippen LogP contribution is -2.29. The Morgan fingerprint density at radius 3 is 2.49 bits per heavy atom. The molecule has 1 saturated heterocycles. The number of nitrogens with two attached hydrogens (primary N) is 1. The highest BCUT2D eigenvalue weighted by molar-refractivity contribution is 8.19. The predicted molar refractivity (Wildman–Crippen MR) is 155 cm³/mol. The van der Waals surface area contributed by atoms with Gasteiger partial charge in [-0.2, -0.15) is 10.4 Å². The van der Waals surface area contributed by atoms with E-state index in [4.69, 9.17) is 5.73 Å². The molecule has 2 heterocycles. The minimum absolute atomic E-state index is 0.0201. The molecular weight excluding hydrogens is 532 g/mol. The summed E-state index contributed by atoms with van der Waals surface area (Å²) in [5.74, 6) is -1.34. The summed E-state index contributed by atoms with van der Waals surface area (Å²) in [6.45, 7) is 1.97. The van der Waals surface area contributed by atoms with E-state index in [0.29, 0.717) is 28.4 Å². The standard InChI is InChI=1S/C28H24N6O3S2/c1-16-11-13-17(14-12-16)32-33-24-28(37)39-27(34(24)18-7-3-2-4-8-18)20(15-29)25(36)31-26-22(23(30)35)19-9-5-6-10-21(19)38-26/h2-4,7-8,11-14,32H,5-6,9-10H2,1H3,(H2,30,35)(H,31,36)/b27-20+,33-24-. The number of nitrogens with zero attached hydrogens (tertiary/aromatic N) is 3. The van der Waals surface area contributed by atoms with Crippen LogP contribution in [0.25, 0.3) is 0 Å². The van der Waals surface area contributed by atoms with Crippen molar-refractivity contribution in [2.45, 2.75) is 32.6 Å². The van der Waals surface area contributed by atoms with Crippen molar-refractivity contribution in [1.29, 1.82) is 5.26 Å². The molecule has 0 saturated carbocycles. The second kappa shape index (κ2) is 11.1. The van der Waals surface area contributed by atoms with Gasteiger partial charge in [-0.1, -0.05) is 35.9 Å². The summed E-state index contributed by atoms with van der Waals surface area (Å²) in [6, 6.07) is 18.4. The summed E-state index contributed by atoms with van der Waals surface area (Å²) in [7, 11) is 0. The Morgan fingerprint density at radius 1 is 1.08 bits per heavy atom. The van der Waals surface area contributed by atoms with Crippen LogP contribution in [0.2, 0.25) is 0 Å². The monoisotopic (exact) mass is 556 g/mol. The number of thioether (sulfide) groups is 1. The molecule has 2 amide bonds. The number of carbonyl (C=O) groups excluding carboxylic acids is 3. The van der Waals surface area contributed by atoms with Gasteiger partial charge >= 0.3 is 0 Å². The quantitative estimate of drug-likeness (QED) is 0.222. The van der Waals surface area contributed by atoms with Crippen molar-refractivity contribution in [2.24, 2.45) is 10.8 Å². The molecule has 3 aromatic rings. The van der Waals surface area contributed by atoms with Crippen LogP contribution in [0.15, 0.2) is 70.3 Å². The zero-order valence-corrected chi connectivity index (χ0v) is 22.6. The molecule has 2 aromatic carbocycles. The van der Waals surface area contributed by atoms with Gasteiger partial charge in [0, 0.05) is 10.6 Å². The van der Waals surface area contributed by atoms with E-state index in [2.05, 4.69) is 15.8 Å². The maximum Gasteiger partial charge on any atom is 0.269 e. The molecule has 4 N–H and O–H groups in total. The first-order valence-corrected chi connectivity index (χ1v) is 13.9. The first kappa shape index (κ1) is 26.2. The zero-order chi connectivity index (χ0) is 27.5. The van der Waals surface area contributed by atoms with E-state index in [1.165, 1.54) is 16.2 Å². The SMILES string of the molecule is Cc1ccc(N/N=C2/C(=O)S/C(=C(\C#N)C(=O)Nc3sc4c(c3C(N)=O)CCCC4)N2c2ccccc2)cc1. The van der Waals surface area contributed by atoms with E-state index in [1.807, 2.05) is 43.3 Å². The Balaban J connectivity index is 1.53. The Hall–Kier alpha value is -4.40. The van der Waals surface area contributed by atoms with E-state index in [0.717, 1.165) is 47.0 Å². The number of carbonyl (C=O) groups is 3. The molecule has 196 valence electrons. The summed E-state index contributed by atoms with van der Waals surface area (Å²) in [5, 5.41) is 17.2. The second-order valence-electron chi connectivity index (χ2n) is 9.00. The molecule has 1 aliphatic carbocycles. The van der Waals surface area contributed by atoms with Crippen molar-refractivity contribution >= 4 is 62.2 Å². The van der Waals surface area contributed by atoms with Gasteiger partial charge in [-0.25, -0.2) is 0 Å². The average Bonchev–Trinajstić information content (AvgIpc) is 3.46. The minimum Gasteiger partial charge on any atom is -0.365 e. The highest BCUT2D eigenvalue weighted by atomic mass is 32.2. The third-order valence-electron chi connectivity index (χ3n) is 6.34. The van der Waals surface area contributed by atoms with Crippen molar-refractivity contribution in [3.63, 3.8) is 0 Å². The highest BCUT2D eigenvalue weighted by Crippen LogP contribution is 2.40. The van der Waals surface area contributed by atoms with Crippen molar-refractivity contribution in [3.8, 4) is 6.07 Å². The molecule has 0 unspecified atom stereocenters. The van der Waals surface area contributed by atoms with Crippen LogP contribution >= 0.6 is 23.1 Å². The number of anilines is 3. The Labute approximate surface area is 233 Å². The fourth-order valence-electron chi connectivity index (χ4n) is 4.46.